The highest BCUT2D eigenvalue weighted by Crippen LogP contribution is 2.10. The predicted octanol–water partition coefficient (Wildman–Crippen LogP) is 0.974. The predicted molar refractivity (Wildman–Crippen MR) is 89.1 cm³/mol. The molecule has 128 valence electrons. The van der Waals surface area contributed by atoms with Crippen molar-refractivity contribution in [2.24, 2.45) is 0 Å². The van der Waals surface area contributed by atoms with Gasteiger partial charge in [-0.25, -0.2) is 14.8 Å². The van der Waals surface area contributed by atoms with Gasteiger partial charge in [0, 0.05) is 51.3 Å². The number of aromatic carboxylic acids is 1. The lowest BCUT2D eigenvalue weighted by Crippen LogP contribution is -2.47. The standard InChI is InChI=1S/C16H22N6O2/c23-15(24)14-12-19-22(13-14)7-2-1-6-20-8-10-21(11-9-20)16-17-4-3-5-18-16/h3-5,12-13H,1-2,6-11H2,(H,23,24). The summed E-state index contributed by atoms with van der Waals surface area (Å²) in [6.45, 7) is 5.74. The minimum absolute atomic E-state index is 0.245. The van der Waals surface area contributed by atoms with Crippen LogP contribution in [-0.2, 0) is 6.54 Å². The molecule has 3 heterocycles. The lowest BCUT2D eigenvalue weighted by molar-refractivity contribution is 0.0696. The highest BCUT2D eigenvalue weighted by molar-refractivity contribution is 5.86. The molecule has 2 aromatic rings. The summed E-state index contributed by atoms with van der Waals surface area (Å²) in [5.74, 6) is -0.119. The van der Waals surface area contributed by atoms with Crippen LogP contribution in [0.5, 0.6) is 0 Å². The maximum absolute atomic E-state index is 10.8. The quantitative estimate of drug-likeness (QED) is 0.757. The van der Waals surface area contributed by atoms with Gasteiger partial charge in [0.1, 0.15) is 0 Å². The first kappa shape index (κ1) is 16.4. The van der Waals surface area contributed by atoms with E-state index in [9.17, 15) is 4.79 Å². The van der Waals surface area contributed by atoms with Crippen LogP contribution < -0.4 is 4.90 Å². The van der Waals surface area contributed by atoms with Crippen molar-refractivity contribution in [2.45, 2.75) is 19.4 Å². The van der Waals surface area contributed by atoms with Gasteiger partial charge < -0.3 is 10.0 Å². The third-order valence-corrected chi connectivity index (χ3v) is 4.20. The number of aromatic nitrogens is 4. The number of anilines is 1. The zero-order valence-electron chi connectivity index (χ0n) is 13.6. The average Bonchev–Trinajstić information content (AvgIpc) is 3.09. The number of carbonyl (C=O) groups is 1. The summed E-state index contributed by atoms with van der Waals surface area (Å²) in [7, 11) is 0. The van der Waals surface area contributed by atoms with Crippen LogP contribution >= 0.6 is 0 Å². The van der Waals surface area contributed by atoms with Gasteiger partial charge in [0.2, 0.25) is 5.95 Å². The Bertz CT molecular complexity index is 652. The fourth-order valence-corrected chi connectivity index (χ4v) is 2.83. The fourth-order valence-electron chi connectivity index (χ4n) is 2.83. The van der Waals surface area contributed by atoms with Crippen LogP contribution in [0.1, 0.15) is 23.2 Å². The number of hydrogen-bond acceptors (Lipinski definition) is 6. The second-order valence-electron chi connectivity index (χ2n) is 5.88. The monoisotopic (exact) mass is 330 g/mol. The van der Waals surface area contributed by atoms with Crippen LogP contribution in [0.25, 0.3) is 0 Å². The molecule has 0 amide bonds. The Labute approximate surface area is 140 Å². The summed E-state index contributed by atoms with van der Waals surface area (Å²) < 4.78 is 1.70. The molecular weight excluding hydrogens is 308 g/mol. The number of unbranched alkanes of at least 4 members (excludes halogenated alkanes) is 1. The van der Waals surface area contributed by atoms with Gasteiger partial charge in [-0.1, -0.05) is 0 Å². The van der Waals surface area contributed by atoms with Gasteiger partial charge in [-0.3, -0.25) is 9.58 Å². The first-order chi connectivity index (χ1) is 11.7. The van der Waals surface area contributed by atoms with Gasteiger partial charge in [0.05, 0.1) is 11.8 Å². The Morgan fingerprint density at radius 2 is 1.79 bits per heavy atom. The highest BCUT2D eigenvalue weighted by atomic mass is 16.4. The fraction of sp³-hybridized carbons (Fsp3) is 0.500. The van der Waals surface area contributed by atoms with E-state index in [1.807, 2.05) is 6.07 Å². The lowest BCUT2D eigenvalue weighted by atomic mass is 10.2. The van der Waals surface area contributed by atoms with Crippen molar-refractivity contribution in [1.82, 2.24) is 24.6 Å². The van der Waals surface area contributed by atoms with Crippen LogP contribution in [0.2, 0.25) is 0 Å². The summed E-state index contributed by atoms with van der Waals surface area (Å²) in [4.78, 5) is 24.1. The van der Waals surface area contributed by atoms with Gasteiger partial charge in [-0.05, 0) is 25.5 Å². The molecule has 0 atom stereocenters. The highest BCUT2D eigenvalue weighted by Gasteiger charge is 2.18. The van der Waals surface area contributed by atoms with Crippen LogP contribution in [-0.4, -0.2) is 68.4 Å². The number of carboxylic acids is 1. The minimum atomic E-state index is -0.929. The number of aryl methyl sites for hydroxylation is 1. The summed E-state index contributed by atoms with van der Waals surface area (Å²) in [6.07, 6.45) is 8.60. The molecular formula is C16H22N6O2. The van der Waals surface area contributed by atoms with Crippen LogP contribution in [0, 0.1) is 0 Å². The molecule has 0 saturated carbocycles. The van der Waals surface area contributed by atoms with E-state index in [4.69, 9.17) is 5.11 Å². The van der Waals surface area contributed by atoms with E-state index in [-0.39, 0.29) is 5.56 Å². The second kappa shape index (κ2) is 7.87. The molecule has 24 heavy (non-hydrogen) atoms. The Morgan fingerprint density at radius 3 is 2.46 bits per heavy atom. The van der Waals surface area contributed by atoms with Gasteiger partial charge in [0.25, 0.3) is 0 Å². The Morgan fingerprint density at radius 1 is 1.08 bits per heavy atom. The topological polar surface area (TPSA) is 87.4 Å². The summed E-state index contributed by atoms with van der Waals surface area (Å²) in [5, 5.41) is 12.9. The van der Waals surface area contributed by atoms with E-state index in [0.29, 0.717) is 0 Å². The zero-order valence-corrected chi connectivity index (χ0v) is 13.6. The number of carboxylic acid groups (broad SMARTS) is 1. The van der Waals surface area contributed by atoms with E-state index in [1.54, 1.807) is 23.3 Å². The Kier molecular flexibility index (Phi) is 5.37. The number of hydrogen-bond donors (Lipinski definition) is 1. The number of piperazine rings is 1. The first-order valence-electron chi connectivity index (χ1n) is 8.22. The van der Waals surface area contributed by atoms with Gasteiger partial charge in [-0.2, -0.15) is 5.10 Å². The maximum Gasteiger partial charge on any atom is 0.338 e. The van der Waals surface area contributed by atoms with E-state index < -0.39 is 5.97 Å². The molecule has 3 rings (SSSR count). The summed E-state index contributed by atoms with van der Waals surface area (Å²) in [5.41, 5.74) is 0.245. The molecule has 1 aliphatic heterocycles. The van der Waals surface area contributed by atoms with Crippen molar-refractivity contribution in [3.63, 3.8) is 0 Å². The SMILES string of the molecule is O=C(O)c1cnn(CCCCN2CCN(c3ncccn3)CC2)c1. The van der Waals surface area contributed by atoms with Gasteiger partial charge in [-0.15, -0.1) is 0 Å². The molecule has 1 aliphatic rings. The molecule has 8 heteroatoms. The van der Waals surface area contributed by atoms with Crippen molar-refractivity contribution in [3.05, 3.63) is 36.4 Å². The summed E-state index contributed by atoms with van der Waals surface area (Å²) >= 11 is 0. The molecule has 0 unspecified atom stereocenters. The van der Waals surface area contributed by atoms with Gasteiger partial charge in [0.15, 0.2) is 0 Å². The smallest absolute Gasteiger partial charge is 0.338 e. The van der Waals surface area contributed by atoms with E-state index in [2.05, 4.69) is 24.9 Å². The second-order valence-corrected chi connectivity index (χ2v) is 5.88. The van der Waals surface area contributed by atoms with Crippen LogP contribution in [0.3, 0.4) is 0 Å². The third-order valence-electron chi connectivity index (χ3n) is 4.20. The average molecular weight is 330 g/mol. The zero-order chi connectivity index (χ0) is 16.8. The molecule has 1 fully saturated rings. The Balaban J connectivity index is 1.34. The largest absolute Gasteiger partial charge is 0.478 e. The molecule has 1 N–H and O–H groups in total. The Hall–Kier alpha value is -2.48. The minimum Gasteiger partial charge on any atom is -0.478 e. The summed E-state index contributed by atoms with van der Waals surface area (Å²) in [6, 6.07) is 1.83. The van der Waals surface area contributed by atoms with Gasteiger partial charge >= 0.3 is 5.97 Å². The van der Waals surface area contributed by atoms with Crippen molar-refractivity contribution in [1.29, 1.82) is 0 Å². The van der Waals surface area contributed by atoms with Crippen molar-refractivity contribution in [3.8, 4) is 0 Å². The maximum atomic E-state index is 10.8. The first-order valence-corrected chi connectivity index (χ1v) is 8.22. The molecule has 0 radical (unpaired) electrons. The molecule has 0 aromatic carbocycles. The van der Waals surface area contributed by atoms with Crippen molar-refractivity contribution < 1.29 is 9.90 Å². The lowest BCUT2D eigenvalue weighted by Gasteiger charge is -2.34. The van der Waals surface area contributed by atoms with Crippen LogP contribution in [0.4, 0.5) is 5.95 Å². The molecule has 1 saturated heterocycles. The molecule has 8 nitrogen and oxygen atoms in total. The van der Waals surface area contributed by atoms with Crippen molar-refractivity contribution >= 4 is 11.9 Å². The van der Waals surface area contributed by atoms with E-state index in [0.717, 1.165) is 58.1 Å². The van der Waals surface area contributed by atoms with E-state index in [1.165, 1.54) is 6.20 Å². The normalized spacial score (nSPS) is 15.6. The third kappa shape index (κ3) is 4.29. The van der Waals surface area contributed by atoms with E-state index >= 15 is 0 Å². The molecule has 0 aliphatic carbocycles. The van der Waals surface area contributed by atoms with Crippen LogP contribution in [0.15, 0.2) is 30.9 Å². The van der Waals surface area contributed by atoms with Crippen molar-refractivity contribution in [2.75, 3.05) is 37.6 Å². The molecule has 2 aromatic heterocycles. The number of rotatable bonds is 7. The number of nitrogens with zero attached hydrogens (tertiary/aromatic N) is 6. The molecule has 0 bridgehead atoms. The molecule has 0 spiro atoms.